The lowest BCUT2D eigenvalue weighted by Gasteiger charge is -2.31. The first-order valence-corrected chi connectivity index (χ1v) is 7.28. The minimum absolute atomic E-state index is 0.0775. The van der Waals surface area contributed by atoms with E-state index in [1.54, 1.807) is 13.8 Å². The molecule has 0 radical (unpaired) electrons. The second kappa shape index (κ2) is 6.57. The number of hydrogen-bond acceptors (Lipinski definition) is 3. The molecule has 0 amide bonds. The van der Waals surface area contributed by atoms with Gasteiger partial charge in [0.15, 0.2) is 5.11 Å². The van der Waals surface area contributed by atoms with Gasteiger partial charge in [-0.05, 0) is 37.7 Å². The molecule has 2 rings (SSSR count). The highest BCUT2D eigenvalue weighted by atomic mass is 32.1. The fourth-order valence-electron chi connectivity index (χ4n) is 2.41. The normalized spacial score (nSPS) is 18.3. The molecule has 0 saturated heterocycles. The number of nitrogens with one attached hydrogen (secondary N) is 2. The summed E-state index contributed by atoms with van der Waals surface area (Å²) in [4.78, 5) is 12.2. The number of rotatable bonds is 3. The number of carbonyl (C=O) groups is 1. The molecule has 0 spiro atoms. The van der Waals surface area contributed by atoms with Gasteiger partial charge in [0.05, 0.1) is 23.8 Å². The van der Waals surface area contributed by atoms with Gasteiger partial charge in [-0.2, -0.15) is 13.2 Å². The van der Waals surface area contributed by atoms with Crippen LogP contribution >= 0.6 is 12.2 Å². The summed E-state index contributed by atoms with van der Waals surface area (Å²) in [6, 6.07) is 4.05. The molecular formula is C15H15F3N2O2S. The second-order valence-corrected chi connectivity index (χ2v) is 5.28. The molecule has 124 valence electrons. The highest BCUT2D eigenvalue weighted by Crippen LogP contribution is 2.38. The highest BCUT2D eigenvalue weighted by molar-refractivity contribution is 7.80. The van der Waals surface area contributed by atoms with Crippen molar-refractivity contribution in [3.63, 3.8) is 0 Å². The lowest BCUT2D eigenvalue weighted by Crippen LogP contribution is -2.45. The van der Waals surface area contributed by atoms with Crippen LogP contribution in [0.25, 0.3) is 0 Å². The molecule has 1 atom stereocenters. The number of esters is 1. The first-order valence-electron chi connectivity index (χ1n) is 6.87. The second-order valence-electron chi connectivity index (χ2n) is 4.88. The summed E-state index contributed by atoms with van der Waals surface area (Å²) in [5, 5.41) is 5.62. The fraction of sp³-hybridized carbons (Fsp3) is 0.333. The van der Waals surface area contributed by atoms with E-state index in [0.29, 0.717) is 5.70 Å². The lowest BCUT2D eigenvalue weighted by atomic mass is 9.92. The maximum Gasteiger partial charge on any atom is 0.416 e. The molecule has 0 aliphatic carbocycles. The molecule has 1 aromatic carbocycles. The van der Waals surface area contributed by atoms with Crippen LogP contribution in [0.4, 0.5) is 13.2 Å². The van der Waals surface area contributed by atoms with Gasteiger partial charge in [0, 0.05) is 5.70 Å². The molecule has 1 heterocycles. The van der Waals surface area contributed by atoms with Crippen molar-refractivity contribution in [3.05, 3.63) is 46.7 Å². The monoisotopic (exact) mass is 344 g/mol. The Bertz CT molecular complexity index is 671. The van der Waals surface area contributed by atoms with Gasteiger partial charge in [0.1, 0.15) is 0 Å². The van der Waals surface area contributed by atoms with Crippen molar-refractivity contribution in [3.8, 4) is 0 Å². The van der Waals surface area contributed by atoms with Crippen LogP contribution in [-0.4, -0.2) is 17.7 Å². The molecule has 0 bridgehead atoms. The summed E-state index contributed by atoms with van der Waals surface area (Å²) in [5.74, 6) is -0.686. The predicted octanol–water partition coefficient (Wildman–Crippen LogP) is 3.06. The van der Waals surface area contributed by atoms with Crippen LogP contribution in [0.3, 0.4) is 0 Å². The van der Waals surface area contributed by atoms with Crippen molar-refractivity contribution in [1.82, 2.24) is 10.6 Å². The van der Waals surface area contributed by atoms with E-state index in [4.69, 9.17) is 17.0 Å². The number of benzene rings is 1. The molecule has 8 heteroatoms. The minimum Gasteiger partial charge on any atom is -0.463 e. The number of carbonyl (C=O) groups excluding carboxylic acids is 1. The summed E-state index contributed by atoms with van der Waals surface area (Å²) in [6.45, 7) is 3.32. The molecular weight excluding hydrogens is 329 g/mol. The van der Waals surface area contributed by atoms with E-state index < -0.39 is 23.8 Å². The number of hydrogen-bond donors (Lipinski definition) is 2. The molecule has 1 aliphatic heterocycles. The van der Waals surface area contributed by atoms with E-state index in [-0.39, 0.29) is 22.9 Å². The van der Waals surface area contributed by atoms with Crippen LogP contribution in [-0.2, 0) is 15.7 Å². The van der Waals surface area contributed by atoms with Crippen LogP contribution in [0, 0.1) is 0 Å². The molecule has 0 fully saturated rings. The summed E-state index contributed by atoms with van der Waals surface area (Å²) in [7, 11) is 0. The minimum atomic E-state index is -4.54. The third-order valence-electron chi connectivity index (χ3n) is 3.34. The van der Waals surface area contributed by atoms with E-state index in [2.05, 4.69) is 10.6 Å². The Morgan fingerprint density at radius 3 is 2.61 bits per heavy atom. The van der Waals surface area contributed by atoms with Crippen LogP contribution in [0.1, 0.15) is 31.0 Å². The Morgan fingerprint density at radius 1 is 1.35 bits per heavy atom. The van der Waals surface area contributed by atoms with Crippen LogP contribution in [0.5, 0.6) is 0 Å². The third kappa shape index (κ3) is 3.64. The molecule has 0 aromatic heterocycles. The standard InChI is InChI=1S/C15H15F3N2O2S/c1-3-22-13(21)11-8(2)19-14(23)20-12(11)9-6-4-5-7-10(9)15(16,17)18/h4-7,12H,3H2,1-2H3,(H2,19,20,23). The van der Waals surface area contributed by atoms with E-state index in [0.717, 1.165) is 6.07 Å². The van der Waals surface area contributed by atoms with Crippen molar-refractivity contribution >= 4 is 23.3 Å². The zero-order valence-corrected chi connectivity index (χ0v) is 13.3. The van der Waals surface area contributed by atoms with Gasteiger partial charge in [-0.25, -0.2) is 4.79 Å². The molecule has 2 N–H and O–H groups in total. The Labute approximate surface area is 136 Å². The average Bonchev–Trinajstić information content (AvgIpc) is 2.45. The van der Waals surface area contributed by atoms with Crippen LogP contribution in [0.2, 0.25) is 0 Å². The number of ether oxygens (including phenoxy) is 1. The quantitative estimate of drug-likeness (QED) is 0.652. The number of alkyl halides is 3. The van der Waals surface area contributed by atoms with E-state index in [1.807, 2.05) is 0 Å². The number of allylic oxidation sites excluding steroid dienone is 1. The average molecular weight is 344 g/mol. The first kappa shape index (κ1) is 17.3. The molecule has 23 heavy (non-hydrogen) atoms. The summed E-state index contributed by atoms with van der Waals surface area (Å²) < 4.78 is 44.8. The van der Waals surface area contributed by atoms with Gasteiger partial charge in [-0.15, -0.1) is 0 Å². The van der Waals surface area contributed by atoms with Crippen molar-refractivity contribution in [2.24, 2.45) is 0 Å². The topological polar surface area (TPSA) is 50.4 Å². The van der Waals surface area contributed by atoms with Gasteiger partial charge < -0.3 is 15.4 Å². The number of thiocarbonyl (C=S) groups is 1. The van der Waals surface area contributed by atoms with Crippen molar-refractivity contribution in [1.29, 1.82) is 0 Å². The van der Waals surface area contributed by atoms with E-state index in [1.165, 1.54) is 18.2 Å². The number of halogens is 3. The summed E-state index contributed by atoms with van der Waals surface area (Å²) >= 11 is 5.01. The van der Waals surface area contributed by atoms with Crippen LogP contribution < -0.4 is 10.6 Å². The summed E-state index contributed by atoms with van der Waals surface area (Å²) in [6.07, 6.45) is -4.54. The maximum absolute atomic E-state index is 13.3. The molecule has 1 unspecified atom stereocenters. The summed E-state index contributed by atoms with van der Waals surface area (Å²) in [5.41, 5.74) is -0.450. The fourth-order valence-corrected chi connectivity index (χ4v) is 2.68. The maximum atomic E-state index is 13.3. The first-order chi connectivity index (χ1) is 10.8. The molecule has 0 saturated carbocycles. The van der Waals surface area contributed by atoms with E-state index >= 15 is 0 Å². The van der Waals surface area contributed by atoms with Crippen molar-refractivity contribution in [2.75, 3.05) is 6.61 Å². The van der Waals surface area contributed by atoms with Crippen molar-refractivity contribution in [2.45, 2.75) is 26.1 Å². The lowest BCUT2D eigenvalue weighted by molar-refractivity contribution is -0.141. The SMILES string of the molecule is CCOC(=O)C1=C(C)NC(=S)NC1c1ccccc1C(F)(F)F. The molecule has 1 aliphatic rings. The Morgan fingerprint density at radius 2 is 2.00 bits per heavy atom. The predicted molar refractivity (Wildman–Crippen MR) is 82.4 cm³/mol. The Kier molecular flexibility index (Phi) is 4.93. The van der Waals surface area contributed by atoms with Gasteiger partial charge in [-0.3, -0.25) is 0 Å². The van der Waals surface area contributed by atoms with E-state index in [9.17, 15) is 18.0 Å². The molecule has 1 aromatic rings. The van der Waals surface area contributed by atoms with Crippen molar-refractivity contribution < 1.29 is 22.7 Å². The Balaban J connectivity index is 2.58. The Hall–Kier alpha value is -2.09. The smallest absolute Gasteiger partial charge is 0.416 e. The highest BCUT2D eigenvalue weighted by Gasteiger charge is 2.39. The largest absolute Gasteiger partial charge is 0.463 e. The van der Waals surface area contributed by atoms with Gasteiger partial charge in [0.25, 0.3) is 0 Å². The third-order valence-corrected chi connectivity index (χ3v) is 3.56. The van der Waals surface area contributed by atoms with Gasteiger partial charge >= 0.3 is 12.1 Å². The van der Waals surface area contributed by atoms with Gasteiger partial charge in [0.2, 0.25) is 0 Å². The van der Waals surface area contributed by atoms with Crippen LogP contribution in [0.15, 0.2) is 35.5 Å². The molecule has 4 nitrogen and oxygen atoms in total. The zero-order chi connectivity index (χ0) is 17.2. The van der Waals surface area contributed by atoms with Gasteiger partial charge in [-0.1, -0.05) is 18.2 Å². The zero-order valence-electron chi connectivity index (χ0n) is 12.5.